The number of likely N-dealkylation sites (N-methyl/N-ethyl adjacent to an activating group) is 1. The Morgan fingerprint density at radius 1 is 1.38 bits per heavy atom. The molecule has 1 amide bonds. The van der Waals surface area contributed by atoms with Crippen molar-refractivity contribution in [3.63, 3.8) is 0 Å². The average molecular weight is 328 g/mol. The summed E-state index contributed by atoms with van der Waals surface area (Å²) in [4.78, 5) is 15.2. The number of nitrogens with zero attached hydrogens (tertiary/aromatic N) is 5. The predicted molar refractivity (Wildman–Crippen MR) is 91.2 cm³/mol. The summed E-state index contributed by atoms with van der Waals surface area (Å²) in [5, 5.41) is 14.4. The minimum atomic E-state index is -0.0773. The summed E-state index contributed by atoms with van der Waals surface area (Å²) in [5.74, 6) is -0.0773. The molecule has 1 fully saturated rings. The third-order valence-corrected chi connectivity index (χ3v) is 4.93. The summed E-state index contributed by atoms with van der Waals surface area (Å²) in [5.41, 5.74) is 3.46. The molecule has 0 unspecified atom stereocenters. The second-order valence-electron chi connectivity index (χ2n) is 6.29. The molecule has 7 heteroatoms. The van der Waals surface area contributed by atoms with E-state index >= 15 is 0 Å². The lowest BCUT2D eigenvalue weighted by Gasteiger charge is -2.23. The molecule has 1 N–H and O–H groups in total. The molecule has 0 bridgehead atoms. The van der Waals surface area contributed by atoms with E-state index in [9.17, 15) is 4.79 Å². The van der Waals surface area contributed by atoms with Crippen LogP contribution in [-0.2, 0) is 0 Å². The molecule has 1 aliphatic rings. The topological polar surface area (TPSA) is 75.9 Å². The van der Waals surface area contributed by atoms with E-state index in [0.717, 1.165) is 36.3 Å². The fraction of sp³-hybridized carbons (Fsp3) is 0.529. The van der Waals surface area contributed by atoms with Gasteiger partial charge in [-0.15, -0.1) is 5.10 Å². The Kier molecular flexibility index (Phi) is 4.89. The van der Waals surface area contributed by atoms with E-state index in [0.29, 0.717) is 18.2 Å². The number of aryl methyl sites for hydroxylation is 1. The SMILES string of the molecule is CCN1CCC[C@H]1CNC(=O)c1ccc(C)c(C)c1-n1cnnn1. The van der Waals surface area contributed by atoms with E-state index in [1.807, 2.05) is 26.0 Å². The van der Waals surface area contributed by atoms with Gasteiger partial charge in [0, 0.05) is 12.6 Å². The number of likely N-dealkylation sites (tertiary alicyclic amines) is 1. The second kappa shape index (κ2) is 7.09. The Bertz CT molecular complexity index is 712. The van der Waals surface area contributed by atoms with Crippen molar-refractivity contribution < 1.29 is 4.79 Å². The lowest BCUT2D eigenvalue weighted by Crippen LogP contribution is -2.40. The van der Waals surface area contributed by atoms with Gasteiger partial charge in [-0.1, -0.05) is 13.0 Å². The maximum atomic E-state index is 12.8. The predicted octanol–water partition coefficient (Wildman–Crippen LogP) is 1.49. The van der Waals surface area contributed by atoms with Crippen LogP contribution in [0.2, 0.25) is 0 Å². The van der Waals surface area contributed by atoms with Gasteiger partial charge in [0.25, 0.3) is 5.91 Å². The van der Waals surface area contributed by atoms with Gasteiger partial charge in [-0.3, -0.25) is 9.69 Å². The largest absolute Gasteiger partial charge is 0.350 e. The molecule has 0 radical (unpaired) electrons. The van der Waals surface area contributed by atoms with E-state index in [1.165, 1.54) is 12.7 Å². The molecule has 3 rings (SSSR count). The number of aromatic nitrogens is 4. The molecule has 2 heterocycles. The highest BCUT2D eigenvalue weighted by Crippen LogP contribution is 2.22. The Morgan fingerprint density at radius 3 is 2.92 bits per heavy atom. The lowest BCUT2D eigenvalue weighted by atomic mass is 10.0. The van der Waals surface area contributed by atoms with E-state index in [2.05, 4.69) is 32.7 Å². The molecule has 128 valence electrons. The Balaban J connectivity index is 1.81. The van der Waals surface area contributed by atoms with Crippen LogP contribution in [0.5, 0.6) is 0 Å². The first-order chi connectivity index (χ1) is 11.6. The van der Waals surface area contributed by atoms with Crippen molar-refractivity contribution in [2.45, 2.75) is 39.7 Å². The number of tetrazole rings is 1. The third kappa shape index (κ3) is 3.17. The molecular formula is C17H24N6O. The van der Waals surface area contributed by atoms with Crippen molar-refractivity contribution >= 4 is 5.91 Å². The van der Waals surface area contributed by atoms with Crippen LogP contribution in [0, 0.1) is 13.8 Å². The van der Waals surface area contributed by atoms with Crippen LogP contribution >= 0.6 is 0 Å². The molecule has 0 aliphatic carbocycles. The van der Waals surface area contributed by atoms with Gasteiger partial charge in [0.2, 0.25) is 0 Å². The highest BCUT2D eigenvalue weighted by Gasteiger charge is 2.24. The maximum Gasteiger partial charge on any atom is 0.253 e. The van der Waals surface area contributed by atoms with E-state index in [-0.39, 0.29) is 5.91 Å². The number of hydrogen-bond acceptors (Lipinski definition) is 5. The van der Waals surface area contributed by atoms with Gasteiger partial charge < -0.3 is 5.32 Å². The molecule has 1 saturated heterocycles. The smallest absolute Gasteiger partial charge is 0.253 e. The van der Waals surface area contributed by atoms with E-state index in [1.54, 1.807) is 4.68 Å². The molecule has 24 heavy (non-hydrogen) atoms. The summed E-state index contributed by atoms with van der Waals surface area (Å²) in [6.45, 7) is 8.99. The zero-order chi connectivity index (χ0) is 17.1. The number of carbonyl (C=O) groups excluding carboxylic acids is 1. The summed E-state index contributed by atoms with van der Waals surface area (Å²) in [6.07, 6.45) is 3.86. The van der Waals surface area contributed by atoms with Crippen LogP contribution in [-0.4, -0.2) is 56.7 Å². The quantitative estimate of drug-likeness (QED) is 0.900. The summed E-state index contributed by atoms with van der Waals surface area (Å²) < 4.78 is 1.56. The molecule has 0 saturated carbocycles. The number of rotatable bonds is 5. The maximum absolute atomic E-state index is 12.8. The molecular weight excluding hydrogens is 304 g/mol. The molecule has 1 atom stereocenters. The van der Waals surface area contributed by atoms with Crippen LogP contribution < -0.4 is 5.32 Å². The van der Waals surface area contributed by atoms with Gasteiger partial charge in [0.05, 0.1) is 11.3 Å². The average Bonchev–Trinajstić information content (AvgIpc) is 3.25. The molecule has 7 nitrogen and oxygen atoms in total. The number of nitrogens with one attached hydrogen (secondary N) is 1. The van der Waals surface area contributed by atoms with Crippen molar-refractivity contribution in [3.05, 3.63) is 35.2 Å². The summed E-state index contributed by atoms with van der Waals surface area (Å²) in [6, 6.07) is 4.24. The van der Waals surface area contributed by atoms with Gasteiger partial charge >= 0.3 is 0 Å². The van der Waals surface area contributed by atoms with Crippen molar-refractivity contribution in [3.8, 4) is 5.69 Å². The third-order valence-electron chi connectivity index (χ3n) is 4.93. The van der Waals surface area contributed by atoms with Gasteiger partial charge in [0.1, 0.15) is 6.33 Å². The minimum absolute atomic E-state index is 0.0773. The van der Waals surface area contributed by atoms with Crippen molar-refractivity contribution in [2.24, 2.45) is 0 Å². The first-order valence-corrected chi connectivity index (χ1v) is 8.47. The second-order valence-corrected chi connectivity index (χ2v) is 6.29. The lowest BCUT2D eigenvalue weighted by molar-refractivity contribution is 0.0941. The van der Waals surface area contributed by atoms with Crippen LogP contribution in [0.3, 0.4) is 0 Å². The molecule has 0 spiro atoms. The van der Waals surface area contributed by atoms with E-state index < -0.39 is 0 Å². The zero-order valence-corrected chi connectivity index (χ0v) is 14.5. The van der Waals surface area contributed by atoms with Crippen LogP contribution in [0.1, 0.15) is 41.3 Å². The summed E-state index contributed by atoms with van der Waals surface area (Å²) >= 11 is 0. The molecule has 1 aliphatic heterocycles. The van der Waals surface area contributed by atoms with Crippen molar-refractivity contribution in [1.29, 1.82) is 0 Å². The first-order valence-electron chi connectivity index (χ1n) is 8.47. The first kappa shape index (κ1) is 16.6. The monoisotopic (exact) mass is 328 g/mol. The normalized spacial score (nSPS) is 18.0. The van der Waals surface area contributed by atoms with Crippen LogP contribution in [0.4, 0.5) is 0 Å². The van der Waals surface area contributed by atoms with Gasteiger partial charge in [-0.05, 0) is 67.4 Å². The number of benzene rings is 1. The summed E-state index contributed by atoms with van der Waals surface area (Å²) in [7, 11) is 0. The fourth-order valence-electron chi connectivity index (χ4n) is 3.39. The zero-order valence-electron chi connectivity index (χ0n) is 14.5. The van der Waals surface area contributed by atoms with Crippen molar-refractivity contribution in [2.75, 3.05) is 19.6 Å². The highest BCUT2D eigenvalue weighted by atomic mass is 16.1. The number of amides is 1. The fourth-order valence-corrected chi connectivity index (χ4v) is 3.39. The molecule has 1 aromatic heterocycles. The Hall–Kier alpha value is -2.28. The standard InChI is InChI=1S/C17H24N6O/c1-4-22-9-5-6-14(22)10-18-17(24)15-8-7-12(2)13(3)16(15)23-11-19-20-21-23/h7-8,11,14H,4-6,9-10H2,1-3H3,(H,18,24)/t14-/m0/s1. The minimum Gasteiger partial charge on any atom is -0.350 e. The van der Waals surface area contributed by atoms with Crippen molar-refractivity contribution in [1.82, 2.24) is 30.4 Å². The van der Waals surface area contributed by atoms with Gasteiger partial charge in [0.15, 0.2) is 0 Å². The number of hydrogen-bond donors (Lipinski definition) is 1. The Morgan fingerprint density at radius 2 is 2.21 bits per heavy atom. The molecule has 1 aromatic carbocycles. The highest BCUT2D eigenvalue weighted by molar-refractivity contribution is 5.98. The van der Waals surface area contributed by atoms with E-state index in [4.69, 9.17) is 0 Å². The molecule has 2 aromatic rings. The van der Waals surface area contributed by atoms with Gasteiger partial charge in [-0.2, -0.15) is 4.68 Å². The van der Waals surface area contributed by atoms with Crippen LogP contribution in [0.15, 0.2) is 18.5 Å². The van der Waals surface area contributed by atoms with Crippen LogP contribution in [0.25, 0.3) is 5.69 Å². The Labute approximate surface area is 142 Å². The van der Waals surface area contributed by atoms with Gasteiger partial charge in [-0.25, -0.2) is 0 Å². The number of carbonyl (C=O) groups is 1.